The highest BCUT2D eigenvalue weighted by molar-refractivity contribution is 8.01. The first kappa shape index (κ1) is 10.8. The molecular weight excluding hydrogens is 236 g/mol. The van der Waals surface area contributed by atoms with E-state index in [2.05, 4.69) is 0 Å². The Morgan fingerprint density at radius 2 is 2.27 bits per heavy atom. The molecule has 1 saturated heterocycles. The Bertz CT molecular complexity index is 390. The second-order valence-electron chi connectivity index (χ2n) is 3.35. The van der Waals surface area contributed by atoms with Crippen molar-refractivity contribution in [3.05, 3.63) is 29.3 Å². The Morgan fingerprint density at radius 1 is 1.53 bits per heavy atom. The van der Waals surface area contributed by atoms with Crippen LogP contribution in [0.1, 0.15) is 0 Å². The van der Waals surface area contributed by atoms with E-state index in [0.717, 1.165) is 4.90 Å². The second kappa shape index (κ2) is 4.04. The summed E-state index contributed by atoms with van der Waals surface area (Å²) in [5.74, 6) is -0.835. The normalized spacial score (nSPS) is 18.2. The van der Waals surface area contributed by atoms with Crippen molar-refractivity contribution >= 4 is 29.3 Å². The zero-order chi connectivity index (χ0) is 10.9. The molecule has 5 heteroatoms. The summed E-state index contributed by atoms with van der Waals surface area (Å²) in [6.45, 7) is 0.499. The molecular formula is C10H9ClO3S. The maximum absolute atomic E-state index is 11.1. The van der Waals surface area contributed by atoms with Crippen LogP contribution >= 0.6 is 23.4 Å². The zero-order valence-electron chi connectivity index (χ0n) is 7.77. The number of hydrogen-bond donors (Lipinski definition) is 1. The zero-order valence-corrected chi connectivity index (χ0v) is 9.35. The molecule has 1 heterocycles. The van der Waals surface area contributed by atoms with Crippen LogP contribution in [0.2, 0.25) is 5.02 Å². The van der Waals surface area contributed by atoms with Crippen LogP contribution in [-0.2, 0) is 9.53 Å². The van der Waals surface area contributed by atoms with Gasteiger partial charge in [-0.1, -0.05) is 17.7 Å². The molecule has 1 fully saturated rings. The van der Waals surface area contributed by atoms with E-state index in [1.54, 1.807) is 18.2 Å². The lowest BCUT2D eigenvalue weighted by Gasteiger charge is -2.36. The first-order valence-corrected chi connectivity index (χ1v) is 5.58. The van der Waals surface area contributed by atoms with Gasteiger partial charge in [-0.25, -0.2) is 0 Å². The third kappa shape index (κ3) is 2.12. The summed E-state index contributed by atoms with van der Waals surface area (Å²) < 4.78 is 4.14. The number of aliphatic carboxylic acids is 1. The third-order valence-electron chi connectivity index (χ3n) is 2.17. The summed E-state index contributed by atoms with van der Waals surface area (Å²) in [6, 6.07) is 7.17. The standard InChI is InChI=1S/C10H9ClO3S/c11-7-2-1-3-8(4-7)15-10(9(12)13)5-14-6-10/h1-4H,5-6H2,(H,12,13). The van der Waals surface area contributed by atoms with E-state index >= 15 is 0 Å². The van der Waals surface area contributed by atoms with Crippen molar-refractivity contribution in [3.63, 3.8) is 0 Å². The van der Waals surface area contributed by atoms with Crippen LogP contribution in [0.25, 0.3) is 0 Å². The Hall–Kier alpha value is -0.710. The largest absolute Gasteiger partial charge is 0.480 e. The minimum atomic E-state index is -0.835. The fourth-order valence-corrected chi connectivity index (χ4v) is 2.68. The molecule has 80 valence electrons. The van der Waals surface area contributed by atoms with Gasteiger partial charge in [0.1, 0.15) is 0 Å². The maximum atomic E-state index is 11.1. The molecule has 1 aromatic rings. The van der Waals surface area contributed by atoms with Crippen LogP contribution < -0.4 is 0 Å². The van der Waals surface area contributed by atoms with Gasteiger partial charge in [0, 0.05) is 9.92 Å². The number of ether oxygens (including phenoxy) is 1. The summed E-state index contributed by atoms with van der Waals surface area (Å²) in [7, 11) is 0. The maximum Gasteiger partial charge on any atom is 0.324 e. The van der Waals surface area contributed by atoms with Crippen LogP contribution in [0.3, 0.4) is 0 Å². The molecule has 0 spiro atoms. The number of halogens is 1. The van der Waals surface area contributed by atoms with E-state index in [-0.39, 0.29) is 13.2 Å². The third-order valence-corrected chi connectivity index (χ3v) is 3.70. The monoisotopic (exact) mass is 244 g/mol. The predicted molar refractivity (Wildman–Crippen MR) is 58.5 cm³/mol. The van der Waals surface area contributed by atoms with Crippen LogP contribution in [0.5, 0.6) is 0 Å². The van der Waals surface area contributed by atoms with E-state index in [0.29, 0.717) is 5.02 Å². The lowest BCUT2D eigenvalue weighted by Crippen LogP contribution is -2.53. The van der Waals surface area contributed by atoms with E-state index in [1.165, 1.54) is 11.8 Å². The molecule has 1 aliphatic rings. The van der Waals surface area contributed by atoms with Crippen molar-refractivity contribution in [1.82, 2.24) is 0 Å². The van der Waals surface area contributed by atoms with Crippen molar-refractivity contribution in [2.45, 2.75) is 9.64 Å². The van der Waals surface area contributed by atoms with Gasteiger partial charge in [0.05, 0.1) is 13.2 Å². The van der Waals surface area contributed by atoms with Gasteiger partial charge in [0.15, 0.2) is 4.75 Å². The van der Waals surface area contributed by atoms with Gasteiger partial charge in [0.2, 0.25) is 0 Å². The molecule has 0 bridgehead atoms. The summed E-state index contributed by atoms with van der Waals surface area (Å²) in [5.41, 5.74) is 0. The molecule has 3 nitrogen and oxygen atoms in total. The van der Waals surface area contributed by atoms with Crippen LogP contribution in [0, 0.1) is 0 Å². The quantitative estimate of drug-likeness (QED) is 0.886. The smallest absolute Gasteiger partial charge is 0.324 e. The molecule has 0 radical (unpaired) electrons. The molecule has 15 heavy (non-hydrogen) atoms. The summed E-state index contributed by atoms with van der Waals surface area (Å²) in [6.07, 6.45) is 0. The number of rotatable bonds is 3. The molecule has 1 aromatic carbocycles. The fourth-order valence-electron chi connectivity index (χ4n) is 1.27. The molecule has 2 rings (SSSR count). The highest BCUT2D eigenvalue weighted by atomic mass is 35.5. The van der Waals surface area contributed by atoms with Gasteiger partial charge in [-0.15, -0.1) is 11.8 Å². The number of carbonyl (C=O) groups is 1. The summed E-state index contributed by atoms with van der Waals surface area (Å²) in [5, 5.41) is 9.69. The topological polar surface area (TPSA) is 46.5 Å². The summed E-state index contributed by atoms with van der Waals surface area (Å²) >= 11 is 7.11. The van der Waals surface area contributed by atoms with Crippen molar-refractivity contribution < 1.29 is 14.6 Å². The van der Waals surface area contributed by atoms with Gasteiger partial charge in [-0.3, -0.25) is 4.79 Å². The molecule has 1 N–H and O–H groups in total. The first-order chi connectivity index (χ1) is 7.12. The number of carboxylic acid groups (broad SMARTS) is 1. The van der Waals surface area contributed by atoms with Crippen LogP contribution in [-0.4, -0.2) is 29.0 Å². The molecule has 0 atom stereocenters. The van der Waals surface area contributed by atoms with E-state index in [9.17, 15) is 4.79 Å². The molecule has 0 amide bonds. The first-order valence-electron chi connectivity index (χ1n) is 4.38. The lowest BCUT2D eigenvalue weighted by atomic mass is 10.1. The van der Waals surface area contributed by atoms with Crippen molar-refractivity contribution in [2.24, 2.45) is 0 Å². The van der Waals surface area contributed by atoms with Crippen molar-refractivity contribution in [3.8, 4) is 0 Å². The molecule has 0 aliphatic carbocycles. The van der Waals surface area contributed by atoms with E-state index < -0.39 is 10.7 Å². The number of hydrogen-bond acceptors (Lipinski definition) is 3. The molecule has 1 aliphatic heterocycles. The predicted octanol–water partition coefficient (Wildman–Crippen LogP) is 2.29. The van der Waals surface area contributed by atoms with Crippen molar-refractivity contribution in [2.75, 3.05) is 13.2 Å². The summed E-state index contributed by atoms with van der Waals surface area (Å²) in [4.78, 5) is 11.9. The molecule has 0 unspecified atom stereocenters. The van der Waals surface area contributed by atoms with E-state index in [4.69, 9.17) is 21.4 Å². The SMILES string of the molecule is O=C(O)C1(Sc2cccc(Cl)c2)COC1. The Balaban J connectivity index is 2.17. The minimum Gasteiger partial charge on any atom is -0.480 e. The van der Waals surface area contributed by atoms with Gasteiger partial charge in [0.25, 0.3) is 0 Å². The van der Waals surface area contributed by atoms with Gasteiger partial charge in [-0.05, 0) is 18.2 Å². The second-order valence-corrected chi connectivity index (χ2v) is 5.25. The van der Waals surface area contributed by atoms with Gasteiger partial charge < -0.3 is 9.84 Å². The highest BCUT2D eigenvalue weighted by Crippen LogP contribution is 2.39. The minimum absolute atomic E-state index is 0.250. The lowest BCUT2D eigenvalue weighted by molar-refractivity contribution is -0.151. The fraction of sp³-hybridized carbons (Fsp3) is 0.300. The highest BCUT2D eigenvalue weighted by Gasteiger charge is 2.47. The van der Waals surface area contributed by atoms with E-state index in [1.807, 2.05) is 6.07 Å². The number of carboxylic acids is 1. The Kier molecular flexibility index (Phi) is 2.91. The van der Waals surface area contributed by atoms with Gasteiger partial charge >= 0.3 is 5.97 Å². The average Bonchev–Trinajstić information content (AvgIpc) is 2.11. The Morgan fingerprint density at radius 3 is 2.73 bits per heavy atom. The molecule has 0 aromatic heterocycles. The van der Waals surface area contributed by atoms with Gasteiger partial charge in [-0.2, -0.15) is 0 Å². The average molecular weight is 245 g/mol. The number of thioether (sulfide) groups is 1. The number of benzene rings is 1. The molecule has 0 saturated carbocycles. The van der Waals surface area contributed by atoms with Crippen LogP contribution in [0.4, 0.5) is 0 Å². The van der Waals surface area contributed by atoms with Crippen LogP contribution in [0.15, 0.2) is 29.2 Å². The Labute approximate surface area is 96.4 Å². The van der Waals surface area contributed by atoms with Crippen molar-refractivity contribution in [1.29, 1.82) is 0 Å².